The molecule has 0 fully saturated rings. The summed E-state index contributed by atoms with van der Waals surface area (Å²) in [5, 5.41) is 13.2. The third kappa shape index (κ3) is 4.34. The smallest absolute Gasteiger partial charge is 0.0441 e. The summed E-state index contributed by atoms with van der Waals surface area (Å²) in [5.41, 5.74) is 1.21. The van der Waals surface area contributed by atoms with E-state index in [1.807, 2.05) is 25.2 Å². The van der Waals surface area contributed by atoms with E-state index < -0.39 is 0 Å². The van der Waals surface area contributed by atoms with Gasteiger partial charge in [0.1, 0.15) is 0 Å². The van der Waals surface area contributed by atoms with Crippen LogP contribution in [-0.4, -0.2) is 24.0 Å². The second-order valence-corrected chi connectivity index (χ2v) is 5.64. The van der Waals surface area contributed by atoms with E-state index >= 15 is 0 Å². The van der Waals surface area contributed by atoms with Gasteiger partial charge in [-0.2, -0.15) is 0 Å². The minimum absolute atomic E-state index is 0.239. The number of benzene rings is 1. The van der Waals surface area contributed by atoms with Crippen LogP contribution in [0.15, 0.2) is 23.1 Å². The van der Waals surface area contributed by atoms with Crippen molar-refractivity contribution in [3.8, 4) is 0 Å². The Hall–Kier alpha value is -0.220. The van der Waals surface area contributed by atoms with E-state index in [0.717, 1.165) is 18.0 Å². The Morgan fingerprint density at radius 3 is 2.88 bits per heavy atom. The van der Waals surface area contributed by atoms with E-state index in [4.69, 9.17) is 16.7 Å². The highest BCUT2D eigenvalue weighted by Crippen LogP contribution is 2.30. The highest BCUT2D eigenvalue weighted by Gasteiger charge is 2.08. The van der Waals surface area contributed by atoms with E-state index in [1.165, 1.54) is 10.5 Å². The molecule has 0 aliphatic heterocycles. The quantitative estimate of drug-likeness (QED) is 0.771. The fraction of sp³-hybridized carbons (Fsp3) is 0.500. The zero-order valence-electron chi connectivity index (χ0n) is 9.66. The second-order valence-electron chi connectivity index (χ2n) is 3.72. The lowest BCUT2D eigenvalue weighted by molar-refractivity contribution is 0.289. The van der Waals surface area contributed by atoms with E-state index in [2.05, 4.69) is 12.2 Å². The Morgan fingerprint density at radius 1 is 1.50 bits per heavy atom. The summed E-state index contributed by atoms with van der Waals surface area (Å²) in [6, 6.07) is 5.95. The fourth-order valence-corrected chi connectivity index (χ4v) is 2.73. The first-order chi connectivity index (χ1) is 7.67. The van der Waals surface area contributed by atoms with Gasteiger partial charge in [-0.05, 0) is 37.2 Å². The maximum Gasteiger partial charge on any atom is 0.0441 e. The molecule has 0 spiro atoms. The van der Waals surface area contributed by atoms with Crippen molar-refractivity contribution in [3.63, 3.8) is 0 Å². The van der Waals surface area contributed by atoms with Crippen molar-refractivity contribution in [2.75, 3.05) is 13.7 Å². The Kier molecular flexibility index (Phi) is 6.21. The molecule has 16 heavy (non-hydrogen) atoms. The predicted molar refractivity (Wildman–Crippen MR) is 71.2 cm³/mol. The largest absolute Gasteiger partial charge is 0.396 e. The first-order valence-electron chi connectivity index (χ1n) is 5.38. The molecule has 1 unspecified atom stereocenters. The summed E-state index contributed by atoms with van der Waals surface area (Å²) >= 11 is 7.76. The van der Waals surface area contributed by atoms with Gasteiger partial charge in [0.25, 0.3) is 0 Å². The number of hydrogen-bond donors (Lipinski definition) is 2. The molecule has 1 atom stereocenters. The normalized spacial score (nSPS) is 12.8. The van der Waals surface area contributed by atoms with Gasteiger partial charge in [0.2, 0.25) is 0 Å². The lowest BCUT2D eigenvalue weighted by atomic mass is 10.2. The Labute approximate surface area is 106 Å². The summed E-state index contributed by atoms with van der Waals surface area (Å²) in [6.07, 6.45) is 0.812. The maximum absolute atomic E-state index is 8.88. The summed E-state index contributed by atoms with van der Waals surface area (Å²) in [7, 11) is 1.92. The topological polar surface area (TPSA) is 32.3 Å². The lowest BCUT2D eigenvalue weighted by Gasteiger charge is -2.13. The molecule has 1 aromatic carbocycles. The molecule has 0 heterocycles. The Balaban J connectivity index is 2.77. The first kappa shape index (κ1) is 13.8. The van der Waals surface area contributed by atoms with Gasteiger partial charge in [-0.25, -0.2) is 0 Å². The molecule has 1 rings (SSSR count). The number of thioether (sulfide) groups is 1. The predicted octanol–water partition coefficient (Wildman–Crippen LogP) is 2.92. The van der Waals surface area contributed by atoms with Gasteiger partial charge < -0.3 is 10.4 Å². The molecule has 0 saturated carbocycles. The highest BCUT2D eigenvalue weighted by molar-refractivity contribution is 8.00. The molecular weight excluding hydrogens is 242 g/mol. The van der Waals surface area contributed by atoms with Gasteiger partial charge in [-0.15, -0.1) is 11.8 Å². The molecule has 0 radical (unpaired) electrons. The van der Waals surface area contributed by atoms with Gasteiger partial charge in [-0.3, -0.25) is 0 Å². The van der Waals surface area contributed by atoms with Crippen LogP contribution >= 0.6 is 23.4 Å². The van der Waals surface area contributed by atoms with Crippen molar-refractivity contribution in [1.82, 2.24) is 5.32 Å². The molecule has 0 aromatic heterocycles. The monoisotopic (exact) mass is 259 g/mol. The van der Waals surface area contributed by atoms with E-state index in [0.29, 0.717) is 5.25 Å². The first-order valence-corrected chi connectivity index (χ1v) is 6.63. The van der Waals surface area contributed by atoms with Crippen LogP contribution < -0.4 is 5.32 Å². The second kappa shape index (κ2) is 7.17. The minimum Gasteiger partial charge on any atom is -0.396 e. The average Bonchev–Trinajstić information content (AvgIpc) is 2.23. The number of halogens is 1. The zero-order valence-corrected chi connectivity index (χ0v) is 11.2. The number of aliphatic hydroxyl groups excluding tert-OH is 1. The molecular formula is C12H18ClNOS. The van der Waals surface area contributed by atoms with Crippen LogP contribution in [-0.2, 0) is 6.54 Å². The standard InChI is InChI=1S/C12H18ClNOS/c1-9(5-6-15)16-12-4-3-11(13)7-10(12)8-14-2/h3-4,7,9,14-15H,5-6,8H2,1-2H3. The van der Waals surface area contributed by atoms with Crippen molar-refractivity contribution in [2.24, 2.45) is 0 Å². The summed E-state index contributed by atoms with van der Waals surface area (Å²) in [4.78, 5) is 1.24. The average molecular weight is 260 g/mol. The van der Waals surface area contributed by atoms with Gasteiger partial charge in [0, 0.05) is 28.3 Å². The molecule has 2 N–H and O–H groups in total. The lowest BCUT2D eigenvalue weighted by Crippen LogP contribution is -2.07. The van der Waals surface area contributed by atoms with E-state index in [-0.39, 0.29) is 6.61 Å². The van der Waals surface area contributed by atoms with Gasteiger partial charge in [-0.1, -0.05) is 18.5 Å². The van der Waals surface area contributed by atoms with Crippen LogP contribution in [0, 0.1) is 0 Å². The van der Waals surface area contributed by atoms with Crippen LogP contribution in [0.1, 0.15) is 18.9 Å². The van der Waals surface area contributed by atoms with Crippen LogP contribution in [0.5, 0.6) is 0 Å². The molecule has 0 amide bonds. The number of aliphatic hydroxyl groups is 1. The fourth-order valence-electron chi connectivity index (χ4n) is 1.45. The van der Waals surface area contributed by atoms with E-state index in [9.17, 15) is 0 Å². The highest BCUT2D eigenvalue weighted by atomic mass is 35.5. The third-order valence-corrected chi connectivity index (χ3v) is 3.78. The van der Waals surface area contributed by atoms with Gasteiger partial charge in [0.05, 0.1) is 0 Å². The third-order valence-electron chi connectivity index (χ3n) is 2.25. The molecule has 1 aromatic rings. The van der Waals surface area contributed by atoms with E-state index in [1.54, 1.807) is 11.8 Å². The molecule has 0 bridgehead atoms. The zero-order chi connectivity index (χ0) is 12.0. The number of hydrogen-bond acceptors (Lipinski definition) is 3. The molecule has 0 aliphatic rings. The number of nitrogens with one attached hydrogen (secondary N) is 1. The van der Waals surface area contributed by atoms with Crippen molar-refractivity contribution in [1.29, 1.82) is 0 Å². The SMILES string of the molecule is CNCc1cc(Cl)ccc1SC(C)CCO. The van der Waals surface area contributed by atoms with Crippen molar-refractivity contribution in [2.45, 2.75) is 30.0 Å². The van der Waals surface area contributed by atoms with Gasteiger partial charge >= 0.3 is 0 Å². The Bertz CT molecular complexity index is 333. The van der Waals surface area contributed by atoms with Crippen molar-refractivity contribution < 1.29 is 5.11 Å². The maximum atomic E-state index is 8.88. The summed E-state index contributed by atoms with van der Waals surface area (Å²) < 4.78 is 0. The summed E-state index contributed by atoms with van der Waals surface area (Å²) in [5.74, 6) is 0. The van der Waals surface area contributed by atoms with Crippen LogP contribution in [0.4, 0.5) is 0 Å². The molecule has 2 nitrogen and oxygen atoms in total. The van der Waals surface area contributed by atoms with Crippen molar-refractivity contribution >= 4 is 23.4 Å². The molecule has 0 aliphatic carbocycles. The molecule has 4 heteroatoms. The Morgan fingerprint density at radius 2 is 2.25 bits per heavy atom. The van der Waals surface area contributed by atoms with Crippen molar-refractivity contribution in [3.05, 3.63) is 28.8 Å². The minimum atomic E-state index is 0.239. The van der Waals surface area contributed by atoms with Gasteiger partial charge in [0.15, 0.2) is 0 Å². The summed E-state index contributed by atoms with van der Waals surface area (Å²) in [6.45, 7) is 3.18. The van der Waals surface area contributed by atoms with Crippen LogP contribution in [0.25, 0.3) is 0 Å². The molecule has 90 valence electrons. The number of rotatable bonds is 6. The van der Waals surface area contributed by atoms with Crippen LogP contribution in [0.3, 0.4) is 0 Å². The van der Waals surface area contributed by atoms with Crippen LogP contribution in [0.2, 0.25) is 5.02 Å². The molecule has 0 saturated heterocycles.